The van der Waals surface area contributed by atoms with E-state index < -0.39 is 0 Å². The summed E-state index contributed by atoms with van der Waals surface area (Å²) in [6.07, 6.45) is 4.12. The summed E-state index contributed by atoms with van der Waals surface area (Å²) < 4.78 is 0. The molecule has 3 nitrogen and oxygen atoms in total. The minimum absolute atomic E-state index is 1.07. The van der Waals surface area contributed by atoms with Gasteiger partial charge in [-0.3, -0.25) is 0 Å². The lowest BCUT2D eigenvalue weighted by Crippen LogP contribution is -2.28. The topological polar surface area (TPSA) is 27.3 Å². The monoisotopic (exact) mass is 185 g/mol. The maximum absolute atomic E-state index is 3.42. The van der Waals surface area contributed by atoms with Crippen LogP contribution >= 0.6 is 0 Å². The zero-order chi connectivity index (χ0) is 9.36. The Kier molecular flexibility index (Phi) is 6.15. The van der Waals surface area contributed by atoms with Gasteiger partial charge >= 0.3 is 0 Å². The standard InChI is InChI=1S/C10H23N3/c1-11-6-7-12-5-4-10-13-8-2-3-9-13/h11-12H,2-10H2,1H3. The van der Waals surface area contributed by atoms with E-state index in [-0.39, 0.29) is 0 Å². The molecule has 1 fully saturated rings. The maximum Gasteiger partial charge on any atom is 0.00766 e. The highest BCUT2D eigenvalue weighted by Gasteiger charge is 2.09. The van der Waals surface area contributed by atoms with Crippen LogP contribution in [0.15, 0.2) is 0 Å². The van der Waals surface area contributed by atoms with Gasteiger partial charge in [0, 0.05) is 13.1 Å². The molecule has 0 saturated carbocycles. The summed E-state index contributed by atoms with van der Waals surface area (Å²) in [7, 11) is 1.99. The van der Waals surface area contributed by atoms with Crippen molar-refractivity contribution in [1.29, 1.82) is 0 Å². The van der Waals surface area contributed by atoms with E-state index in [0.29, 0.717) is 0 Å². The molecule has 0 aromatic carbocycles. The van der Waals surface area contributed by atoms with Crippen LogP contribution in [-0.4, -0.2) is 51.2 Å². The van der Waals surface area contributed by atoms with Gasteiger partial charge < -0.3 is 15.5 Å². The summed E-state index contributed by atoms with van der Waals surface area (Å²) in [5, 5.41) is 6.55. The van der Waals surface area contributed by atoms with E-state index in [1.807, 2.05) is 7.05 Å². The number of nitrogens with zero attached hydrogens (tertiary/aromatic N) is 1. The van der Waals surface area contributed by atoms with Gasteiger partial charge in [0.1, 0.15) is 0 Å². The van der Waals surface area contributed by atoms with Gasteiger partial charge in [0.15, 0.2) is 0 Å². The summed E-state index contributed by atoms with van der Waals surface area (Å²) in [5.74, 6) is 0. The second-order valence-electron chi connectivity index (χ2n) is 3.76. The largest absolute Gasteiger partial charge is 0.318 e. The molecule has 2 N–H and O–H groups in total. The Hall–Kier alpha value is -0.120. The number of likely N-dealkylation sites (N-methyl/N-ethyl adjacent to an activating group) is 1. The molecule has 1 rings (SSSR count). The lowest BCUT2D eigenvalue weighted by atomic mass is 10.4. The molecule has 1 saturated heterocycles. The fraction of sp³-hybridized carbons (Fsp3) is 1.00. The molecule has 1 heterocycles. The van der Waals surface area contributed by atoms with Crippen molar-refractivity contribution in [2.75, 3.05) is 46.3 Å². The minimum Gasteiger partial charge on any atom is -0.318 e. The molecule has 13 heavy (non-hydrogen) atoms. The van der Waals surface area contributed by atoms with Crippen molar-refractivity contribution in [1.82, 2.24) is 15.5 Å². The Bertz CT molecular complexity index is 111. The van der Waals surface area contributed by atoms with E-state index in [0.717, 1.165) is 19.6 Å². The molecule has 0 bridgehead atoms. The molecule has 78 valence electrons. The summed E-state index contributed by atoms with van der Waals surface area (Å²) >= 11 is 0. The first kappa shape index (κ1) is 11.0. The van der Waals surface area contributed by atoms with Crippen LogP contribution < -0.4 is 10.6 Å². The quantitative estimate of drug-likeness (QED) is 0.558. The van der Waals surface area contributed by atoms with E-state index in [4.69, 9.17) is 0 Å². The van der Waals surface area contributed by atoms with E-state index in [1.165, 1.54) is 38.9 Å². The van der Waals surface area contributed by atoms with E-state index in [2.05, 4.69) is 15.5 Å². The van der Waals surface area contributed by atoms with Crippen LogP contribution in [0.2, 0.25) is 0 Å². The first-order valence-corrected chi connectivity index (χ1v) is 5.51. The Labute approximate surface area is 81.9 Å². The molecular formula is C10H23N3. The number of hydrogen-bond acceptors (Lipinski definition) is 3. The van der Waals surface area contributed by atoms with Crippen LogP contribution in [0, 0.1) is 0 Å². The average Bonchev–Trinajstić information content (AvgIpc) is 2.63. The number of likely N-dealkylation sites (tertiary alicyclic amines) is 1. The lowest BCUT2D eigenvalue weighted by molar-refractivity contribution is 0.331. The van der Waals surface area contributed by atoms with Crippen LogP contribution in [0.3, 0.4) is 0 Å². The average molecular weight is 185 g/mol. The Morgan fingerprint density at radius 1 is 1.08 bits per heavy atom. The highest BCUT2D eigenvalue weighted by molar-refractivity contribution is 4.66. The fourth-order valence-electron chi connectivity index (χ4n) is 1.77. The smallest absolute Gasteiger partial charge is 0.00766 e. The second kappa shape index (κ2) is 7.30. The van der Waals surface area contributed by atoms with Crippen LogP contribution in [0.1, 0.15) is 19.3 Å². The second-order valence-corrected chi connectivity index (χ2v) is 3.76. The van der Waals surface area contributed by atoms with Crippen molar-refractivity contribution in [3.63, 3.8) is 0 Å². The van der Waals surface area contributed by atoms with E-state index in [9.17, 15) is 0 Å². The van der Waals surface area contributed by atoms with Crippen LogP contribution in [0.5, 0.6) is 0 Å². The van der Waals surface area contributed by atoms with Gasteiger partial charge in [0.05, 0.1) is 0 Å². The van der Waals surface area contributed by atoms with Crippen LogP contribution in [0.25, 0.3) is 0 Å². The van der Waals surface area contributed by atoms with Gasteiger partial charge in [0.2, 0.25) is 0 Å². The molecule has 0 amide bonds. The highest BCUT2D eigenvalue weighted by atomic mass is 15.1. The van der Waals surface area contributed by atoms with Gasteiger partial charge in [0.25, 0.3) is 0 Å². The maximum atomic E-state index is 3.42. The zero-order valence-corrected chi connectivity index (χ0v) is 8.81. The molecule has 1 aliphatic heterocycles. The molecule has 0 aromatic heterocycles. The number of rotatable bonds is 7. The van der Waals surface area contributed by atoms with E-state index in [1.54, 1.807) is 0 Å². The predicted molar refractivity (Wildman–Crippen MR) is 57.1 cm³/mol. The van der Waals surface area contributed by atoms with Crippen LogP contribution in [-0.2, 0) is 0 Å². The third kappa shape index (κ3) is 5.24. The molecule has 0 atom stereocenters. The van der Waals surface area contributed by atoms with Crippen molar-refractivity contribution in [2.24, 2.45) is 0 Å². The first-order valence-electron chi connectivity index (χ1n) is 5.51. The SMILES string of the molecule is CNCCNCCCN1CCCC1. The minimum atomic E-state index is 1.07. The highest BCUT2D eigenvalue weighted by Crippen LogP contribution is 2.06. The summed E-state index contributed by atoms with van der Waals surface area (Å²) in [6.45, 7) is 7.28. The Morgan fingerprint density at radius 3 is 2.54 bits per heavy atom. The summed E-state index contributed by atoms with van der Waals surface area (Å²) in [4.78, 5) is 2.57. The van der Waals surface area contributed by atoms with Gasteiger partial charge in [-0.05, 0) is 52.5 Å². The van der Waals surface area contributed by atoms with Crippen LogP contribution in [0.4, 0.5) is 0 Å². The molecule has 3 heteroatoms. The van der Waals surface area contributed by atoms with Gasteiger partial charge in [-0.2, -0.15) is 0 Å². The summed E-state index contributed by atoms with van der Waals surface area (Å²) in [6, 6.07) is 0. The van der Waals surface area contributed by atoms with E-state index >= 15 is 0 Å². The fourth-order valence-corrected chi connectivity index (χ4v) is 1.77. The van der Waals surface area contributed by atoms with Gasteiger partial charge in [-0.1, -0.05) is 0 Å². The molecule has 0 spiro atoms. The summed E-state index contributed by atoms with van der Waals surface area (Å²) in [5.41, 5.74) is 0. The van der Waals surface area contributed by atoms with Crippen molar-refractivity contribution in [3.8, 4) is 0 Å². The number of hydrogen-bond donors (Lipinski definition) is 2. The molecule has 0 unspecified atom stereocenters. The number of nitrogens with one attached hydrogen (secondary N) is 2. The van der Waals surface area contributed by atoms with Crippen molar-refractivity contribution < 1.29 is 0 Å². The third-order valence-corrected chi connectivity index (χ3v) is 2.58. The zero-order valence-electron chi connectivity index (χ0n) is 8.81. The normalized spacial score (nSPS) is 18.2. The lowest BCUT2D eigenvalue weighted by Gasteiger charge is -2.14. The van der Waals surface area contributed by atoms with Crippen molar-refractivity contribution >= 4 is 0 Å². The molecular weight excluding hydrogens is 162 g/mol. The van der Waals surface area contributed by atoms with Crippen molar-refractivity contribution in [2.45, 2.75) is 19.3 Å². The Balaban J connectivity index is 1.78. The molecule has 1 aliphatic rings. The Morgan fingerprint density at radius 2 is 1.85 bits per heavy atom. The molecule has 0 aromatic rings. The van der Waals surface area contributed by atoms with Crippen molar-refractivity contribution in [3.05, 3.63) is 0 Å². The molecule has 0 aliphatic carbocycles. The van der Waals surface area contributed by atoms with Gasteiger partial charge in [-0.25, -0.2) is 0 Å². The first-order chi connectivity index (χ1) is 6.43. The van der Waals surface area contributed by atoms with Gasteiger partial charge in [-0.15, -0.1) is 0 Å². The predicted octanol–water partition coefficient (Wildman–Crippen LogP) is 0.281. The third-order valence-electron chi connectivity index (χ3n) is 2.58. The molecule has 0 radical (unpaired) electrons.